The molecule has 0 amide bonds. The molecule has 19 heavy (non-hydrogen) atoms. The summed E-state index contributed by atoms with van der Waals surface area (Å²) in [7, 11) is 0. The van der Waals surface area contributed by atoms with Crippen LogP contribution in [0.25, 0.3) is 6.08 Å². The molecule has 0 spiro atoms. The summed E-state index contributed by atoms with van der Waals surface area (Å²) in [5, 5.41) is 10.4. The van der Waals surface area contributed by atoms with Gasteiger partial charge in [0, 0.05) is 11.3 Å². The van der Waals surface area contributed by atoms with Gasteiger partial charge in [0.25, 0.3) is 0 Å². The van der Waals surface area contributed by atoms with Gasteiger partial charge in [-0.05, 0) is 34.6 Å². The molecule has 1 aromatic carbocycles. The molecule has 0 radical (unpaired) electrons. The van der Waals surface area contributed by atoms with Crippen LogP contribution in [-0.4, -0.2) is 11.4 Å². The zero-order valence-corrected chi connectivity index (χ0v) is 11.9. The molecule has 98 valence electrons. The van der Waals surface area contributed by atoms with Gasteiger partial charge in [-0.2, -0.15) is 0 Å². The van der Waals surface area contributed by atoms with Crippen LogP contribution in [0.5, 0.6) is 0 Å². The molecule has 0 fully saturated rings. The van der Waals surface area contributed by atoms with Crippen molar-refractivity contribution in [2.75, 3.05) is 6.26 Å². The summed E-state index contributed by atoms with van der Waals surface area (Å²) in [4.78, 5) is 1.16. The predicted octanol–water partition coefficient (Wildman–Crippen LogP) is 4.50. The Morgan fingerprint density at radius 2 is 2.00 bits per heavy atom. The first-order valence-electron chi connectivity index (χ1n) is 6.22. The number of hydrogen-bond acceptors (Lipinski definition) is 2. The van der Waals surface area contributed by atoms with E-state index >= 15 is 0 Å². The summed E-state index contributed by atoms with van der Waals surface area (Å²) in [5.41, 5.74) is 4.15. The summed E-state index contributed by atoms with van der Waals surface area (Å²) in [5.74, 6) is 0. The summed E-state index contributed by atoms with van der Waals surface area (Å²) in [6.45, 7) is 7.75. The van der Waals surface area contributed by atoms with Gasteiger partial charge in [-0.15, -0.1) is 11.8 Å². The summed E-state index contributed by atoms with van der Waals surface area (Å²) >= 11 is 1.69. The van der Waals surface area contributed by atoms with Crippen LogP contribution in [-0.2, 0) is 0 Å². The Labute approximate surface area is 119 Å². The number of aliphatic hydroxyl groups excluding tert-OH is 1. The van der Waals surface area contributed by atoms with E-state index in [1.54, 1.807) is 11.8 Å². The van der Waals surface area contributed by atoms with E-state index in [0.29, 0.717) is 6.42 Å². The van der Waals surface area contributed by atoms with Gasteiger partial charge in [-0.25, -0.2) is 0 Å². The van der Waals surface area contributed by atoms with Gasteiger partial charge in [0.05, 0.1) is 6.10 Å². The standard InChI is InChI=1S/C17H18OS/c1-4-12-10-16(18)15-9-7-6-8-13(15)11-17(19-3)14(12)5-2/h4-9,11,16,18H,1-2,10H2,3H3/b14-12-,17-11+. The van der Waals surface area contributed by atoms with Crippen LogP contribution in [0.4, 0.5) is 0 Å². The van der Waals surface area contributed by atoms with Crippen LogP contribution < -0.4 is 0 Å². The number of aliphatic hydroxyl groups is 1. The van der Waals surface area contributed by atoms with Gasteiger partial charge < -0.3 is 5.11 Å². The average molecular weight is 270 g/mol. The molecular weight excluding hydrogens is 252 g/mol. The third kappa shape index (κ3) is 2.75. The maximum atomic E-state index is 10.4. The molecule has 1 atom stereocenters. The molecule has 1 N–H and O–H groups in total. The summed E-state index contributed by atoms with van der Waals surface area (Å²) in [6, 6.07) is 7.97. The Morgan fingerprint density at radius 1 is 1.26 bits per heavy atom. The van der Waals surface area contributed by atoms with Crippen molar-refractivity contribution in [1.82, 2.24) is 0 Å². The van der Waals surface area contributed by atoms with Crippen LogP contribution in [0.3, 0.4) is 0 Å². The SMILES string of the molecule is C=C/C1=C(C=C)/C(SC)=C\c2ccccc2C(O)C1. The minimum absolute atomic E-state index is 0.501. The maximum absolute atomic E-state index is 10.4. The molecule has 0 aromatic heterocycles. The highest BCUT2D eigenvalue weighted by atomic mass is 32.2. The van der Waals surface area contributed by atoms with E-state index in [0.717, 1.165) is 27.2 Å². The molecule has 0 heterocycles. The van der Waals surface area contributed by atoms with Gasteiger partial charge in [0.1, 0.15) is 0 Å². The lowest BCUT2D eigenvalue weighted by Crippen LogP contribution is -2.05. The first-order chi connectivity index (χ1) is 9.21. The summed E-state index contributed by atoms with van der Waals surface area (Å²) in [6.07, 6.45) is 7.90. The molecule has 0 saturated heterocycles. The lowest BCUT2D eigenvalue weighted by Gasteiger charge is -2.21. The van der Waals surface area contributed by atoms with E-state index in [4.69, 9.17) is 0 Å². The fourth-order valence-corrected chi connectivity index (χ4v) is 3.02. The van der Waals surface area contributed by atoms with Crippen molar-refractivity contribution in [3.63, 3.8) is 0 Å². The monoisotopic (exact) mass is 270 g/mol. The number of fused-ring (bicyclic) bond motifs is 1. The van der Waals surface area contributed by atoms with Crippen LogP contribution in [0.1, 0.15) is 23.7 Å². The Morgan fingerprint density at radius 3 is 2.63 bits per heavy atom. The van der Waals surface area contributed by atoms with Gasteiger partial charge in [0.2, 0.25) is 0 Å². The highest BCUT2D eigenvalue weighted by molar-refractivity contribution is 8.02. The number of hydrogen-bond donors (Lipinski definition) is 1. The van der Waals surface area contributed by atoms with Crippen LogP contribution in [0.2, 0.25) is 0 Å². The molecule has 0 bridgehead atoms. The van der Waals surface area contributed by atoms with Crippen molar-refractivity contribution < 1.29 is 5.11 Å². The molecule has 1 unspecified atom stereocenters. The van der Waals surface area contributed by atoms with E-state index in [2.05, 4.69) is 25.5 Å². The Kier molecular flexibility index (Phi) is 4.46. The lowest BCUT2D eigenvalue weighted by molar-refractivity contribution is 0.179. The molecule has 0 saturated carbocycles. The molecular formula is C17H18OS. The smallest absolute Gasteiger partial charge is 0.0836 e. The van der Waals surface area contributed by atoms with E-state index in [9.17, 15) is 5.11 Å². The number of allylic oxidation sites excluding steroid dienone is 3. The largest absolute Gasteiger partial charge is 0.388 e. The highest BCUT2D eigenvalue weighted by Crippen LogP contribution is 2.36. The molecule has 2 rings (SSSR count). The van der Waals surface area contributed by atoms with E-state index in [1.165, 1.54) is 0 Å². The molecule has 1 aliphatic rings. The van der Waals surface area contributed by atoms with Gasteiger partial charge in [0.15, 0.2) is 0 Å². The minimum atomic E-state index is -0.501. The quantitative estimate of drug-likeness (QED) is 0.873. The second-order valence-electron chi connectivity index (χ2n) is 4.41. The number of thioether (sulfide) groups is 1. The fourth-order valence-electron chi connectivity index (χ4n) is 2.35. The number of benzene rings is 1. The third-order valence-electron chi connectivity index (χ3n) is 3.34. The van der Waals surface area contributed by atoms with Crippen molar-refractivity contribution in [2.45, 2.75) is 12.5 Å². The maximum Gasteiger partial charge on any atom is 0.0836 e. The minimum Gasteiger partial charge on any atom is -0.388 e. The van der Waals surface area contributed by atoms with Crippen molar-refractivity contribution >= 4 is 17.8 Å². The van der Waals surface area contributed by atoms with Crippen LogP contribution in [0, 0.1) is 0 Å². The second kappa shape index (κ2) is 6.09. The Hall–Kier alpha value is -1.51. The van der Waals surface area contributed by atoms with E-state index < -0.39 is 6.10 Å². The second-order valence-corrected chi connectivity index (χ2v) is 5.26. The van der Waals surface area contributed by atoms with E-state index in [-0.39, 0.29) is 0 Å². The van der Waals surface area contributed by atoms with Crippen molar-refractivity contribution in [3.8, 4) is 0 Å². The zero-order chi connectivity index (χ0) is 13.8. The van der Waals surface area contributed by atoms with Gasteiger partial charge >= 0.3 is 0 Å². The first kappa shape index (κ1) is 13.9. The van der Waals surface area contributed by atoms with E-state index in [1.807, 2.05) is 36.4 Å². The normalized spacial score (nSPS) is 25.6. The third-order valence-corrected chi connectivity index (χ3v) is 4.11. The first-order valence-corrected chi connectivity index (χ1v) is 7.44. The zero-order valence-electron chi connectivity index (χ0n) is 11.1. The molecule has 2 heteroatoms. The molecule has 1 aliphatic carbocycles. The highest BCUT2D eigenvalue weighted by Gasteiger charge is 2.18. The lowest BCUT2D eigenvalue weighted by atomic mass is 9.91. The Balaban J connectivity index is 2.68. The predicted molar refractivity (Wildman–Crippen MR) is 84.9 cm³/mol. The van der Waals surface area contributed by atoms with Crippen molar-refractivity contribution in [1.29, 1.82) is 0 Å². The number of rotatable bonds is 3. The summed E-state index contributed by atoms with van der Waals surface area (Å²) < 4.78 is 0. The van der Waals surface area contributed by atoms with Gasteiger partial charge in [-0.3, -0.25) is 0 Å². The topological polar surface area (TPSA) is 20.2 Å². The Bertz CT molecular complexity index is 566. The molecule has 1 nitrogen and oxygen atoms in total. The van der Waals surface area contributed by atoms with Crippen molar-refractivity contribution in [2.24, 2.45) is 0 Å². The molecule has 1 aromatic rings. The van der Waals surface area contributed by atoms with Gasteiger partial charge in [-0.1, -0.05) is 49.6 Å². The average Bonchev–Trinajstić information content (AvgIpc) is 2.44. The molecule has 0 aliphatic heterocycles. The van der Waals surface area contributed by atoms with Crippen LogP contribution in [0.15, 0.2) is 65.6 Å². The van der Waals surface area contributed by atoms with Crippen molar-refractivity contribution in [3.05, 3.63) is 76.8 Å². The fraction of sp³-hybridized carbons (Fsp3) is 0.176. The van der Waals surface area contributed by atoms with Crippen LogP contribution >= 0.6 is 11.8 Å².